The summed E-state index contributed by atoms with van der Waals surface area (Å²) in [4.78, 5) is 1.42. The summed E-state index contributed by atoms with van der Waals surface area (Å²) in [5.41, 5.74) is 2.03. The zero-order valence-electron chi connectivity index (χ0n) is 13.0. The quantitative estimate of drug-likeness (QED) is 0.785. The van der Waals surface area contributed by atoms with Crippen LogP contribution in [0.3, 0.4) is 0 Å². The summed E-state index contributed by atoms with van der Waals surface area (Å²) < 4.78 is 37.6. The van der Waals surface area contributed by atoms with Crippen LogP contribution in [0.4, 0.5) is 13.2 Å². The predicted molar refractivity (Wildman–Crippen MR) is 80.0 cm³/mol. The van der Waals surface area contributed by atoms with Gasteiger partial charge >= 0.3 is 6.18 Å². The van der Waals surface area contributed by atoms with Crippen LogP contribution < -0.4 is 5.32 Å². The fraction of sp³-hybridized carbons (Fsp3) is 0.625. The minimum atomic E-state index is -4.15. The zero-order valence-corrected chi connectivity index (χ0v) is 13.0. The van der Waals surface area contributed by atoms with Crippen LogP contribution in [0.15, 0.2) is 24.3 Å². The van der Waals surface area contributed by atoms with Crippen LogP contribution >= 0.6 is 0 Å². The van der Waals surface area contributed by atoms with Gasteiger partial charge in [-0.2, -0.15) is 13.2 Å². The van der Waals surface area contributed by atoms with E-state index in [1.165, 1.54) is 4.90 Å². The Morgan fingerprint density at radius 3 is 2.29 bits per heavy atom. The SMILES string of the molecule is CCN(Cc1ccccc1CNCC(C)C)CC(F)(F)F. The number of hydrogen-bond donors (Lipinski definition) is 1. The Morgan fingerprint density at radius 1 is 1.14 bits per heavy atom. The number of hydrogen-bond acceptors (Lipinski definition) is 2. The van der Waals surface area contributed by atoms with E-state index in [1.807, 2.05) is 24.3 Å². The first-order valence-electron chi connectivity index (χ1n) is 7.38. The summed E-state index contributed by atoms with van der Waals surface area (Å²) >= 11 is 0. The molecule has 2 nitrogen and oxygen atoms in total. The van der Waals surface area contributed by atoms with Crippen molar-refractivity contribution in [2.24, 2.45) is 5.92 Å². The molecule has 0 fully saturated rings. The van der Waals surface area contributed by atoms with E-state index in [0.29, 0.717) is 25.6 Å². The molecule has 0 saturated carbocycles. The van der Waals surface area contributed by atoms with E-state index < -0.39 is 12.7 Å². The highest BCUT2D eigenvalue weighted by molar-refractivity contribution is 5.27. The second-order valence-electron chi connectivity index (χ2n) is 5.71. The van der Waals surface area contributed by atoms with E-state index in [4.69, 9.17) is 0 Å². The minimum Gasteiger partial charge on any atom is -0.312 e. The lowest BCUT2D eigenvalue weighted by Crippen LogP contribution is -2.34. The van der Waals surface area contributed by atoms with Crippen molar-refractivity contribution in [3.63, 3.8) is 0 Å². The standard InChI is InChI=1S/C16H25F3N2/c1-4-21(12-16(17,18)19)11-15-8-6-5-7-14(15)10-20-9-13(2)3/h5-8,13,20H,4,9-12H2,1-3H3. The highest BCUT2D eigenvalue weighted by Crippen LogP contribution is 2.19. The van der Waals surface area contributed by atoms with Crippen molar-refractivity contribution in [2.45, 2.75) is 40.0 Å². The van der Waals surface area contributed by atoms with Gasteiger partial charge in [0.05, 0.1) is 6.54 Å². The van der Waals surface area contributed by atoms with Crippen molar-refractivity contribution in [2.75, 3.05) is 19.6 Å². The van der Waals surface area contributed by atoms with Crippen LogP contribution in [-0.2, 0) is 13.1 Å². The monoisotopic (exact) mass is 302 g/mol. The van der Waals surface area contributed by atoms with Gasteiger partial charge in [-0.05, 0) is 30.1 Å². The van der Waals surface area contributed by atoms with Crippen LogP contribution in [0.25, 0.3) is 0 Å². The molecule has 0 radical (unpaired) electrons. The number of rotatable bonds is 8. The molecule has 0 aliphatic rings. The van der Waals surface area contributed by atoms with Crippen molar-refractivity contribution in [3.8, 4) is 0 Å². The van der Waals surface area contributed by atoms with E-state index in [0.717, 1.165) is 17.7 Å². The molecule has 0 atom stereocenters. The number of halogens is 3. The molecule has 0 heterocycles. The van der Waals surface area contributed by atoms with Gasteiger partial charge in [-0.1, -0.05) is 45.0 Å². The Hall–Kier alpha value is -1.07. The summed E-state index contributed by atoms with van der Waals surface area (Å²) in [6.45, 7) is 7.44. The Kier molecular flexibility index (Phi) is 7.18. The maximum absolute atomic E-state index is 12.5. The third kappa shape index (κ3) is 7.48. The second kappa shape index (κ2) is 8.39. The lowest BCUT2D eigenvalue weighted by molar-refractivity contribution is -0.146. The summed E-state index contributed by atoms with van der Waals surface area (Å²) in [5, 5.41) is 3.34. The maximum Gasteiger partial charge on any atom is 0.401 e. The summed E-state index contributed by atoms with van der Waals surface area (Å²) in [5.74, 6) is 0.550. The van der Waals surface area contributed by atoms with Crippen LogP contribution in [0.5, 0.6) is 0 Å². The normalized spacial score (nSPS) is 12.4. The van der Waals surface area contributed by atoms with Gasteiger partial charge in [-0.25, -0.2) is 0 Å². The largest absolute Gasteiger partial charge is 0.401 e. The Morgan fingerprint density at radius 2 is 1.76 bits per heavy atom. The smallest absolute Gasteiger partial charge is 0.312 e. The average Bonchev–Trinajstić information content (AvgIpc) is 2.38. The molecular formula is C16H25F3N2. The summed E-state index contributed by atoms with van der Waals surface area (Å²) in [6, 6.07) is 7.69. The van der Waals surface area contributed by atoms with Gasteiger partial charge in [-0.15, -0.1) is 0 Å². The van der Waals surface area contributed by atoms with Crippen LogP contribution in [-0.4, -0.2) is 30.7 Å². The van der Waals surface area contributed by atoms with E-state index in [2.05, 4.69) is 19.2 Å². The number of nitrogens with zero attached hydrogens (tertiary/aromatic N) is 1. The molecule has 0 unspecified atom stereocenters. The second-order valence-corrected chi connectivity index (χ2v) is 5.71. The molecule has 0 spiro atoms. The fourth-order valence-electron chi connectivity index (χ4n) is 2.15. The topological polar surface area (TPSA) is 15.3 Å². The molecule has 1 N–H and O–H groups in total. The average molecular weight is 302 g/mol. The fourth-order valence-corrected chi connectivity index (χ4v) is 2.15. The van der Waals surface area contributed by atoms with Gasteiger partial charge in [0.15, 0.2) is 0 Å². The molecule has 0 aliphatic heterocycles. The molecule has 1 aromatic rings. The van der Waals surface area contributed by atoms with Gasteiger partial charge in [0, 0.05) is 13.1 Å². The lowest BCUT2D eigenvalue weighted by atomic mass is 10.1. The number of benzene rings is 1. The third-order valence-corrected chi connectivity index (χ3v) is 3.23. The molecule has 21 heavy (non-hydrogen) atoms. The number of nitrogens with one attached hydrogen (secondary N) is 1. The summed E-state index contributed by atoms with van der Waals surface area (Å²) in [6.07, 6.45) is -4.15. The molecule has 1 rings (SSSR count). The van der Waals surface area contributed by atoms with Crippen molar-refractivity contribution in [1.82, 2.24) is 10.2 Å². The minimum absolute atomic E-state index is 0.329. The van der Waals surface area contributed by atoms with E-state index in [9.17, 15) is 13.2 Å². The van der Waals surface area contributed by atoms with Crippen LogP contribution in [0, 0.1) is 5.92 Å². The maximum atomic E-state index is 12.5. The van der Waals surface area contributed by atoms with Crippen molar-refractivity contribution in [1.29, 1.82) is 0 Å². The first-order valence-corrected chi connectivity index (χ1v) is 7.38. The van der Waals surface area contributed by atoms with Gasteiger partial charge in [0.25, 0.3) is 0 Å². The van der Waals surface area contributed by atoms with Gasteiger partial charge in [0.2, 0.25) is 0 Å². The molecule has 0 amide bonds. The Balaban J connectivity index is 2.68. The molecule has 120 valence electrons. The first-order chi connectivity index (χ1) is 9.81. The first kappa shape index (κ1) is 18.0. The van der Waals surface area contributed by atoms with Gasteiger partial charge in [0.1, 0.15) is 0 Å². The molecule has 0 saturated heterocycles. The van der Waals surface area contributed by atoms with E-state index >= 15 is 0 Å². The highest BCUT2D eigenvalue weighted by Gasteiger charge is 2.30. The molecule has 1 aromatic carbocycles. The summed E-state index contributed by atoms with van der Waals surface area (Å²) in [7, 11) is 0. The van der Waals surface area contributed by atoms with Crippen molar-refractivity contribution in [3.05, 3.63) is 35.4 Å². The third-order valence-electron chi connectivity index (χ3n) is 3.23. The molecule has 0 aliphatic carbocycles. The van der Waals surface area contributed by atoms with Gasteiger partial charge < -0.3 is 5.32 Å². The molecule has 0 aromatic heterocycles. The number of alkyl halides is 3. The van der Waals surface area contributed by atoms with Crippen LogP contribution in [0.2, 0.25) is 0 Å². The molecule has 0 bridgehead atoms. The van der Waals surface area contributed by atoms with Crippen molar-refractivity contribution < 1.29 is 13.2 Å². The van der Waals surface area contributed by atoms with Crippen LogP contribution in [0.1, 0.15) is 31.9 Å². The van der Waals surface area contributed by atoms with E-state index in [1.54, 1.807) is 6.92 Å². The zero-order chi connectivity index (χ0) is 15.9. The highest BCUT2D eigenvalue weighted by atomic mass is 19.4. The Labute approximate surface area is 125 Å². The Bertz CT molecular complexity index is 416. The molecular weight excluding hydrogens is 277 g/mol. The van der Waals surface area contributed by atoms with E-state index in [-0.39, 0.29) is 0 Å². The van der Waals surface area contributed by atoms with Crippen molar-refractivity contribution >= 4 is 0 Å². The molecule has 5 heteroatoms. The predicted octanol–water partition coefficient (Wildman–Crippen LogP) is 3.82. The lowest BCUT2D eigenvalue weighted by Gasteiger charge is -2.23. The van der Waals surface area contributed by atoms with Gasteiger partial charge in [-0.3, -0.25) is 4.90 Å².